The van der Waals surface area contributed by atoms with E-state index >= 15 is 0 Å². The Balaban J connectivity index is 2.60. The summed E-state index contributed by atoms with van der Waals surface area (Å²) in [6.45, 7) is 4.13. The fourth-order valence-electron chi connectivity index (χ4n) is 1.96. The summed E-state index contributed by atoms with van der Waals surface area (Å²) in [6.07, 6.45) is 1.37. The molecule has 0 bridgehead atoms. The molecule has 102 valence electrons. The number of carboxylic acid groups (broad SMARTS) is 1. The minimum Gasteiger partial charge on any atom is -0.480 e. The highest BCUT2D eigenvalue weighted by molar-refractivity contribution is 5.89. The van der Waals surface area contributed by atoms with Gasteiger partial charge in [0, 0.05) is 18.9 Å². The number of aliphatic carboxylic acids is 1. The average molecular weight is 256 g/mol. The van der Waals surface area contributed by atoms with E-state index in [1.807, 2.05) is 6.92 Å². The van der Waals surface area contributed by atoms with Gasteiger partial charge in [-0.25, -0.2) is 4.79 Å². The smallest absolute Gasteiger partial charge is 0.326 e. The van der Waals surface area contributed by atoms with Crippen molar-refractivity contribution in [3.05, 3.63) is 0 Å². The molecule has 1 saturated heterocycles. The van der Waals surface area contributed by atoms with Crippen LogP contribution in [0.2, 0.25) is 0 Å². The maximum Gasteiger partial charge on any atom is 0.326 e. The van der Waals surface area contributed by atoms with E-state index in [0.717, 1.165) is 0 Å². The zero-order valence-corrected chi connectivity index (χ0v) is 10.7. The predicted molar refractivity (Wildman–Crippen MR) is 64.8 cm³/mol. The van der Waals surface area contributed by atoms with Gasteiger partial charge >= 0.3 is 5.97 Å². The standard InChI is InChI=1S/C12H20N2O4/c1-3-7(2)10(12(17)18)14-11(16)8-4-5-13-9(15)6-8/h7-8,10H,3-6H2,1-2H3,(H,13,15)(H,14,16)(H,17,18)/t7-,8?,10-/m0/s1. The molecule has 18 heavy (non-hydrogen) atoms. The second kappa shape index (κ2) is 6.37. The first-order valence-electron chi connectivity index (χ1n) is 6.25. The minimum absolute atomic E-state index is 0.135. The van der Waals surface area contributed by atoms with Gasteiger partial charge in [-0.2, -0.15) is 0 Å². The molecular formula is C12H20N2O4. The van der Waals surface area contributed by atoms with E-state index < -0.39 is 17.9 Å². The number of nitrogens with one attached hydrogen (secondary N) is 2. The molecule has 3 atom stereocenters. The van der Waals surface area contributed by atoms with Crippen LogP contribution in [0.1, 0.15) is 33.1 Å². The van der Waals surface area contributed by atoms with E-state index in [2.05, 4.69) is 10.6 Å². The summed E-state index contributed by atoms with van der Waals surface area (Å²) >= 11 is 0. The number of carboxylic acids is 1. The molecule has 2 amide bonds. The molecule has 0 aromatic rings. The predicted octanol–water partition coefficient (Wildman–Crippen LogP) is 0.128. The fraction of sp³-hybridized carbons (Fsp3) is 0.750. The summed E-state index contributed by atoms with van der Waals surface area (Å²) < 4.78 is 0. The first kappa shape index (κ1) is 14.5. The van der Waals surface area contributed by atoms with Gasteiger partial charge in [-0.3, -0.25) is 9.59 Å². The van der Waals surface area contributed by atoms with Crippen LogP contribution in [0, 0.1) is 11.8 Å². The first-order valence-corrected chi connectivity index (χ1v) is 6.25. The number of rotatable bonds is 5. The van der Waals surface area contributed by atoms with Crippen LogP contribution in [0.25, 0.3) is 0 Å². The van der Waals surface area contributed by atoms with E-state index in [9.17, 15) is 14.4 Å². The first-order chi connectivity index (χ1) is 8.45. The molecule has 0 radical (unpaired) electrons. The van der Waals surface area contributed by atoms with Gasteiger partial charge in [0.25, 0.3) is 0 Å². The molecule has 0 aromatic carbocycles. The van der Waals surface area contributed by atoms with Crippen molar-refractivity contribution in [2.75, 3.05) is 6.54 Å². The Hall–Kier alpha value is -1.59. The third-order valence-corrected chi connectivity index (χ3v) is 3.39. The van der Waals surface area contributed by atoms with Crippen LogP contribution in [0.5, 0.6) is 0 Å². The normalized spacial score (nSPS) is 22.8. The lowest BCUT2D eigenvalue weighted by atomic mass is 9.94. The van der Waals surface area contributed by atoms with Gasteiger partial charge in [0.15, 0.2) is 0 Å². The quantitative estimate of drug-likeness (QED) is 0.651. The Morgan fingerprint density at radius 1 is 1.56 bits per heavy atom. The van der Waals surface area contributed by atoms with Crippen LogP contribution in [-0.4, -0.2) is 35.5 Å². The third kappa shape index (κ3) is 3.72. The fourth-order valence-corrected chi connectivity index (χ4v) is 1.96. The molecule has 1 aliphatic rings. The summed E-state index contributed by atoms with van der Waals surface area (Å²) in [4.78, 5) is 34.2. The zero-order valence-electron chi connectivity index (χ0n) is 10.7. The van der Waals surface area contributed by atoms with Crippen LogP contribution in [-0.2, 0) is 14.4 Å². The summed E-state index contributed by atoms with van der Waals surface area (Å²) in [5.41, 5.74) is 0. The zero-order chi connectivity index (χ0) is 13.7. The van der Waals surface area contributed by atoms with Gasteiger partial charge in [-0.15, -0.1) is 0 Å². The van der Waals surface area contributed by atoms with E-state index in [1.165, 1.54) is 0 Å². The van der Waals surface area contributed by atoms with Crippen LogP contribution in [0.4, 0.5) is 0 Å². The van der Waals surface area contributed by atoms with Gasteiger partial charge in [-0.1, -0.05) is 20.3 Å². The monoisotopic (exact) mass is 256 g/mol. The van der Waals surface area contributed by atoms with E-state index in [-0.39, 0.29) is 24.2 Å². The molecule has 0 saturated carbocycles. The Kier molecular flexibility index (Phi) is 5.12. The lowest BCUT2D eigenvalue weighted by molar-refractivity contribution is -0.144. The molecule has 1 fully saturated rings. The molecule has 0 aromatic heterocycles. The third-order valence-electron chi connectivity index (χ3n) is 3.39. The Morgan fingerprint density at radius 2 is 2.22 bits per heavy atom. The molecule has 6 nitrogen and oxygen atoms in total. The number of carbonyl (C=O) groups is 3. The van der Waals surface area contributed by atoms with E-state index in [1.54, 1.807) is 6.92 Å². The molecule has 3 N–H and O–H groups in total. The van der Waals surface area contributed by atoms with E-state index in [4.69, 9.17) is 5.11 Å². The maximum atomic E-state index is 11.9. The number of hydrogen-bond donors (Lipinski definition) is 3. The number of hydrogen-bond acceptors (Lipinski definition) is 3. The molecule has 1 unspecified atom stereocenters. The molecule has 1 rings (SSSR count). The average Bonchev–Trinajstić information content (AvgIpc) is 2.34. The van der Waals surface area contributed by atoms with Gasteiger partial charge < -0.3 is 15.7 Å². The van der Waals surface area contributed by atoms with Crippen molar-refractivity contribution in [3.8, 4) is 0 Å². The van der Waals surface area contributed by atoms with Crippen LogP contribution < -0.4 is 10.6 Å². The van der Waals surface area contributed by atoms with Crippen molar-refractivity contribution in [1.82, 2.24) is 10.6 Å². The second-order valence-corrected chi connectivity index (χ2v) is 4.75. The SMILES string of the molecule is CC[C@H](C)[C@H](NC(=O)C1CCNC(=O)C1)C(=O)O. The molecule has 1 aliphatic heterocycles. The highest BCUT2D eigenvalue weighted by atomic mass is 16.4. The lowest BCUT2D eigenvalue weighted by Gasteiger charge is -2.25. The van der Waals surface area contributed by atoms with Crippen molar-refractivity contribution < 1.29 is 19.5 Å². The summed E-state index contributed by atoms with van der Waals surface area (Å²) in [5, 5.41) is 14.3. The van der Waals surface area contributed by atoms with Crippen molar-refractivity contribution in [2.24, 2.45) is 11.8 Å². The van der Waals surface area contributed by atoms with Crippen molar-refractivity contribution in [3.63, 3.8) is 0 Å². The second-order valence-electron chi connectivity index (χ2n) is 4.75. The van der Waals surface area contributed by atoms with Crippen LogP contribution >= 0.6 is 0 Å². The summed E-state index contributed by atoms with van der Waals surface area (Å²) in [5.74, 6) is -2.07. The van der Waals surface area contributed by atoms with E-state index in [0.29, 0.717) is 19.4 Å². The number of amides is 2. The highest BCUT2D eigenvalue weighted by Crippen LogP contribution is 2.15. The van der Waals surface area contributed by atoms with Crippen LogP contribution in [0.3, 0.4) is 0 Å². The van der Waals surface area contributed by atoms with Crippen LogP contribution in [0.15, 0.2) is 0 Å². The molecule has 6 heteroatoms. The number of piperidine rings is 1. The molecule has 0 spiro atoms. The largest absolute Gasteiger partial charge is 0.480 e. The summed E-state index contributed by atoms with van der Waals surface area (Å²) in [6, 6.07) is -0.882. The van der Waals surface area contributed by atoms with Gasteiger partial charge in [0.2, 0.25) is 11.8 Å². The topological polar surface area (TPSA) is 95.5 Å². The maximum absolute atomic E-state index is 11.9. The summed E-state index contributed by atoms with van der Waals surface area (Å²) in [7, 11) is 0. The molecule has 1 heterocycles. The van der Waals surface area contributed by atoms with Crippen molar-refractivity contribution in [2.45, 2.75) is 39.2 Å². The molecular weight excluding hydrogens is 236 g/mol. The Labute approximate surface area is 106 Å². The number of carbonyl (C=O) groups excluding carboxylic acids is 2. The van der Waals surface area contributed by atoms with Gasteiger partial charge in [-0.05, 0) is 12.3 Å². The lowest BCUT2D eigenvalue weighted by Crippen LogP contribution is -2.49. The molecule has 0 aliphatic carbocycles. The minimum atomic E-state index is -1.03. The van der Waals surface area contributed by atoms with Gasteiger partial charge in [0.1, 0.15) is 6.04 Å². The Bertz CT molecular complexity index is 343. The highest BCUT2D eigenvalue weighted by Gasteiger charge is 2.31. The van der Waals surface area contributed by atoms with Crippen molar-refractivity contribution >= 4 is 17.8 Å². The van der Waals surface area contributed by atoms with Gasteiger partial charge in [0.05, 0.1) is 0 Å². The van der Waals surface area contributed by atoms with Crippen molar-refractivity contribution in [1.29, 1.82) is 0 Å². The Morgan fingerprint density at radius 3 is 2.72 bits per heavy atom.